The Balaban J connectivity index is 1.29. The molecule has 0 aliphatic rings. The van der Waals surface area contributed by atoms with E-state index < -0.39 is 6.10 Å². The summed E-state index contributed by atoms with van der Waals surface area (Å²) < 4.78 is 5.08. The lowest BCUT2D eigenvalue weighted by atomic mass is 9.97. The first-order chi connectivity index (χ1) is 18.6. The third-order valence-corrected chi connectivity index (χ3v) is 6.78. The van der Waals surface area contributed by atoms with Crippen molar-refractivity contribution in [3.63, 3.8) is 0 Å². The summed E-state index contributed by atoms with van der Waals surface area (Å²) in [4.78, 5) is 12.3. The Kier molecular flexibility index (Phi) is 10.2. The van der Waals surface area contributed by atoms with Crippen LogP contribution in [0.5, 0.6) is 0 Å². The van der Waals surface area contributed by atoms with Crippen LogP contribution in [-0.2, 0) is 11.2 Å². The summed E-state index contributed by atoms with van der Waals surface area (Å²) >= 11 is 0. The van der Waals surface area contributed by atoms with E-state index >= 15 is 0 Å². The van der Waals surface area contributed by atoms with Crippen molar-refractivity contribution < 1.29 is 14.6 Å². The summed E-state index contributed by atoms with van der Waals surface area (Å²) in [5, 5.41) is 10.5. The van der Waals surface area contributed by atoms with Crippen molar-refractivity contribution in [2.45, 2.75) is 38.2 Å². The first-order valence-electron chi connectivity index (χ1n) is 13.3. The van der Waals surface area contributed by atoms with Gasteiger partial charge >= 0.3 is 0 Å². The molecule has 0 heterocycles. The smallest absolute Gasteiger partial charge is 0.185 e. The number of aliphatic hydroxyl groups excluding tert-OH is 1. The molecule has 0 radical (unpaired) electrons. The molecular formula is C35H36O3. The standard InChI is InChI=1S/C35H36O3/c1-38-25-7-3-6-10-34(36)33-22-20-31(21-23-33)30-18-15-29(16-19-30)26-28-13-11-27(12-14-28)17-24-35(37)32-8-4-2-5-9-32/h2,4-5,8-9,11-24,34,36H,3,6-7,10,25-26H2,1H3/b24-17+. The molecule has 1 unspecified atom stereocenters. The molecule has 3 nitrogen and oxygen atoms in total. The number of methoxy groups -OCH3 is 1. The molecule has 3 heteroatoms. The van der Waals surface area contributed by atoms with Crippen molar-refractivity contribution in [3.8, 4) is 11.1 Å². The summed E-state index contributed by atoms with van der Waals surface area (Å²) in [6.07, 6.45) is 7.82. The zero-order valence-electron chi connectivity index (χ0n) is 22.1. The molecule has 0 aliphatic heterocycles. The Hall–Kier alpha value is -3.79. The van der Waals surface area contributed by atoms with Crippen LogP contribution in [-0.4, -0.2) is 24.6 Å². The third-order valence-electron chi connectivity index (χ3n) is 6.78. The zero-order valence-corrected chi connectivity index (χ0v) is 22.1. The van der Waals surface area contributed by atoms with E-state index in [1.54, 1.807) is 13.2 Å². The molecule has 0 saturated heterocycles. The largest absolute Gasteiger partial charge is 0.388 e. The molecule has 0 aromatic heterocycles. The Morgan fingerprint density at radius 2 is 1.37 bits per heavy atom. The number of hydrogen-bond acceptors (Lipinski definition) is 3. The number of ketones is 1. The molecule has 1 atom stereocenters. The number of hydrogen-bond donors (Lipinski definition) is 1. The van der Waals surface area contributed by atoms with Crippen LogP contribution in [0.15, 0.2) is 109 Å². The average molecular weight is 505 g/mol. The van der Waals surface area contributed by atoms with E-state index in [0.29, 0.717) is 5.56 Å². The molecule has 0 fully saturated rings. The van der Waals surface area contributed by atoms with E-state index in [4.69, 9.17) is 4.74 Å². The SMILES string of the molecule is COCCCCCC(O)c1ccc(-c2ccc(Cc3ccc(/C=C/C(=O)c4ccccc4)cc3)cc2)cc1. The lowest BCUT2D eigenvalue weighted by molar-refractivity contribution is 0.104. The van der Waals surface area contributed by atoms with Gasteiger partial charge in [0.25, 0.3) is 0 Å². The number of rotatable bonds is 13. The van der Waals surface area contributed by atoms with Crippen molar-refractivity contribution in [2.24, 2.45) is 0 Å². The summed E-state index contributed by atoms with van der Waals surface area (Å²) in [5.74, 6) is 0.00862. The van der Waals surface area contributed by atoms with Gasteiger partial charge in [-0.3, -0.25) is 4.79 Å². The second kappa shape index (κ2) is 14.2. The second-order valence-corrected chi connectivity index (χ2v) is 9.66. The first-order valence-corrected chi connectivity index (χ1v) is 13.3. The number of carbonyl (C=O) groups is 1. The van der Waals surface area contributed by atoms with E-state index in [1.807, 2.05) is 60.7 Å². The van der Waals surface area contributed by atoms with Crippen molar-refractivity contribution in [1.82, 2.24) is 0 Å². The third kappa shape index (κ3) is 8.11. The fourth-order valence-corrected chi connectivity index (χ4v) is 4.49. The Morgan fingerprint density at radius 3 is 2.00 bits per heavy atom. The van der Waals surface area contributed by atoms with E-state index in [2.05, 4.69) is 48.5 Å². The average Bonchev–Trinajstić information content (AvgIpc) is 2.97. The minimum atomic E-state index is -0.416. The van der Waals surface area contributed by atoms with Crippen LogP contribution in [0, 0.1) is 0 Å². The van der Waals surface area contributed by atoms with E-state index in [-0.39, 0.29) is 5.78 Å². The Bertz CT molecular complexity index is 1290. The van der Waals surface area contributed by atoms with Crippen LogP contribution in [0.2, 0.25) is 0 Å². The molecule has 4 aromatic carbocycles. The Morgan fingerprint density at radius 1 is 0.763 bits per heavy atom. The molecule has 4 rings (SSSR count). The van der Waals surface area contributed by atoms with Crippen molar-refractivity contribution in [2.75, 3.05) is 13.7 Å². The maximum Gasteiger partial charge on any atom is 0.185 e. The normalized spacial score (nSPS) is 12.1. The zero-order chi connectivity index (χ0) is 26.6. The molecular weight excluding hydrogens is 468 g/mol. The van der Waals surface area contributed by atoms with Gasteiger partial charge < -0.3 is 9.84 Å². The van der Waals surface area contributed by atoms with Gasteiger partial charge in [-0.2, -0.15) is 0 Å². The number of carbonyl (C=O) groups excluding carboxylic acids is 1. The highest BCUT2D eigenvalue weighted by atomic mass is 16.5. The van der Waals surface area contributed by atoms with Crippen LogP contribution in [0.1, 0.15) is 64.4 Å². The predicted octanol–water partition coefficient (Wildman–Crippen LogP) is 8.08. The summed E-state index contributed by atoms with van der Waals surface area (Å²) in [7, 11) is 1.72. The highest BCUT2D eigenvalue weighted by Crippen LogP contribution is 2.25. The molecule has 1 N–H and O–H groups in total. The van der Waals surface area contributed by atoms with Crippen molar-refractivity contribution in [3.05, 3.63) is 137 Å². The van der Waals surface area contributed by atoms with Gasteiger partial charge in [0, 0.05) is 19.3 Å². The van der Waals surface area contributed by atoms with Crippen molar-refractivity contribution in [1.29, 1.82) is 0 Å². The van der Waals surface area contributed by atoms with Crippen LogP contribution >= 0.6 is 0 Å². The molecule has 0 bridgehead atoms. The quantitative estimate of drug-likeness (QED) is 0.114. The molecule has 0 aliphatic carbocycles. The van der Waals surface area contributed by atoms with E-state index in [9.17, 15) is 9.90 Å². The minimum Gasteiger partial charge on any atom is -0.388 e. The predicted molar refractivity (Wildman–Crippen MR) is 156 cm³/mol. The lowest BCUT2D eigenvalue weighted by Gasteiger charge is -2.12. The Labute approximate surface area is 226 Å². The fraction of sp³-hybridized carbons (Fsp3) is 0.229. The van der Waals surface area contributed by atoms with E-state index in [0.717, 1.165) is 61.0 Å². The summed E-state index contributed by atoms with van der Waals surface area (Å²) in [5.41, 5.74) is 7.46. The number of benzene rings is 4. The number of ether oxygens (including phenoxy) is 1. The van der Waals surface area contributed by atoms with Gasteiger partial charge in [0.2, 0.25) is 0 Å². The maximum absolute atomic E-state index is 12.3. The van der Waals surface area contributed by atoms with Gasteiger partial charge in [0.05, 0.1) is 6.10 Å². The lowest BCUT2D eigenvalue weighted by Crippen LogP contribution is -1.98. The van der Waals surface area contributed by atoms with E-state index in [1.165, 1.54) is 11.1 Å². The second-order valence-electron chi connectivity index (χ2n) is 9.66. The minimum absolute atomic E-state index is 0.00862. The molecule has 0 amide bonds. The molecule has 4 aromatic rings. The number of allylic oxidation sites excluding steroid dienone is 1. The summed E-state index contributed by atoms with van der Waals surface area (Å²) in [6, 6.07) is 34.5. The van der Waals surface area contributed by atoms with Crippen molar-refractivity contribution >= 4 is 11.9 Å². The molecule has 0 spiro atoms. The van der Waals surface area contributed by atoms with Gasteiger partial charge in [0.15, 0.2) is 5.78 Å². The summed E-state index contributed by atoms with van der Waals surface area (Å²) in [6.45, 7) is 0.784. The van der Waals surface area contributed by atoms with Crippen LogP contribution in [0.4, 0.5) is 0 Å². The first kappa shape index (κ1) is 27.3. The number of unbranched alkanes of at least 4 members (excludes halogenated alkanes) is 2. The number of aliphatic hydroxyl groups is 1. The maximum atomic E-state index is 12.3. The van der Waals surface area contributed by atoms with Crippen LogP contribution in [0.3, 0.4) is 0 Å². The van der Waals surface area contributed by atoms with Crippen LogP contribution in [0.25, 0.3) is 17.2 Å². The van der Waals surface area contributed by atoms with Gasteiger partial charge in [-0.05, 0) is 58.7 Å². The van der Waals surface area contributed by atoms with Gasteiger partial charge in [-0.15, -0.1) is 0 Å². The highest BCUT2D eigenvalue weighted by Gasteiger charge is 2.08. The highest BCUT2D eigenvalue weighted by molar-refractivity contribution is 6.06. The van der Waals surface area contributed by atoms with Crippen LogP contribution < -0.4 is 0 Å². The molecule has 38 heavy (non-hydrogen) atoms. The topological polar surface area (TPSA) is 46.5 Å². The molecule has 194 valence electrons. The fourth-order valence-electron chi connectivity index (χ4n) is 4.49. The van der Waals surface area contributed by atoms with Gasteiger partial charge in [-0.1, -0.05) is 122 Å². The van der Waals surface area contributed by atoms with Gasteiger partial charge in [-0.25, -0.2) is 0 Å². The van der Waals surface area contributed by atoms with Gasteiger partial charge in [0.1, 0.15) is 0 Å². The molecule has 0 saturated carbocycles. The monoisotopic (exact) mass is 504 g/mol.